The minimum Gasteiger partial charge on any atom is -0.335 e. The third kappa shape index (κ3) is 5.13. The molecule has 1 aliphatic rings. The molecule has 0 spiro atoms. The quantitative estimate of drug-likeness (QED) is 0.767. The van der Waals surface area contributed by atoms with Crippen LogP contribution in [0.5, 0.6) is 0 Å². The largest absolute Gasteiger partial charge is 0.335 e. The van der Waals surface area contributed by atoms with Crippen molar-refractivity contribution in [2.75, 3.05) is 18.9 Å². The maximum absolute atomic E-state index is 12.6. The Morgan fingerprint density at radius 3 is 2.56 bits per heavy atom. The van der Waals surface area contributed by atoms with E-state index in [2.05, 4.69) is 23.5 Å². The maximum Gasteiger partial charge on any atom is 0.243 e. The van der Waals surface area contributed by atoms with Gasteiger partial charge in [0, 0.05) is 17.6 Å². The fraction of sp³-hybridized carbons (Fsp3) is 0.364. The van der Waals surface area contributed by atoms with Crippen molar-refractivity contribution < 1.29 is 9.59 Å². The average molecular weight is 383 g/mol. The smallest absolute Gasteiger partial charge is 0.243 e. The molecule has 1 N–H and O–H groups in total. The molecule has 27 heavy (non-hydrogen) atoms. The van der Waals surface area contributed by atoms with Crippen molar-refractivity contribution in [3.63, 3.8) is 0 Å². The predicted molar refractivity (Wildman–Crippen MR) is 111 cm³/mol. The number of carbonyl (C=O) groups is 2. The number of anilines is 1. The summed E-state index contributed by atoms with van der Waals surface area (Å²) in [5, 5.41) is 2.60. The van der Waals surface area contributed by atoms with Crippen molar-refractivity contribution in [3.8, 4) is 0 Å². The summed E-state index contributed by atoms with van der Waals surface area (Å²) < 4.78 is 0. The predicted octanol–water partition coefficient (Wildman–Crippen LogP) is 4.06. The van der Waals surface area contributed by atoms with E-state index in [4.69, 9.17) is 0 Å². The zero-order valence-electron chi connectivity index (χ0n) is 16.1. The molecule has 1 atom stereocenters. The number of nitrogens with zero attached hydrogens (tertiary/aromatic N) is 1. The van der Waals surface area contributed by atoms with Crippen molar-refractivity contribution in [1.82, 2.24) is 4.90 Å². The summed E-state index contributed by atoms with van der Waals surface area (Å²) in [6.45, 7) is 3.94. The Morgan fingerprint density at radius 1 is 1.11 bits per heavy atom. The highest BCUT2D eigenvalue weighted by Gasteiger charge is 2.21. The van der Waals surface area contributed by atoms with Crippen LogP contribution >= 0.6 is 11.8 Å². The van der Waals surface area contributed by atoms with E-state index in [1.165, 1.54) is 22.4 Å². The number of hydrogen-bond donors (Lipinski definition) is 1. The normalized spacial score (nSPS) is 13.7. The highest BCUT2D eigenvalue weighted by atomic mass is 32.2. The Kier molecular flexibility index (Phi) is 6.22. The molecule has 0 saturated heterocycles. The molecule has 1 aliphatic carbocycles. The van der Waals surface area contributed by atoms with Gasteiger partial charge in [-0.15, -0.1) is 11.8 Å². The lowest BCUT2D eigenvalue weighted by atomic mass is 10.1. The summed E-state index contributed by atoms with van der Waals surface area (Å²) in [5.41, 5.74) is 4.72. The van der Waals surface area contributed by atoms with Gasteiger partial charge in [0.2, 0.25) is 11.8 Å². The van der Waals surface area contributed by atoms with Gasteiger partial charge in [-0.25, -0.2) is 0 Å². The van der Waals surface area contributed by atoms with Gasteiger partial charge in [0.1, 0.15) is 0 Å². The van der Waals surface area contributed by atoms with E-state index in [1.807, 2.05) is 38.1 Å². The molecule has 0 aliphatic heterocycles. The molecule has 2 amide bonds. The number of hydrogen-bond acceptors (Lipinski definition) is 3. The lowest BCUT2D eigenvalue weighted by molar-refractivity contribution is -0.132. The fourth-order valence-corrected chi connectivity index (χ4v) is 4.36. The number of aryl methyl sites for hydroxylation is 3. The Morgan fingerprint density at radius 2 is 1.81 bits per heavy atom. The Hall–Kier alpha value is -2.27. The molecule has 4 nitrogen and oxygen atoms in total. The van der Waals surface area contributed by atoms with Crippen molar-refractivity contribution >= 4 is 29.3 Å². The van der Waals surface area contributed by atoms with Gasteiger partial charge < -0.3 is 10.2 Å². The molecular formula is C22H26N2O2S. The summed E-state index contributed by atoms with van der Waals surface area (Å²) >= 11 is 1.56. The molecule has 0 fully saturated rings. The van der Waals surface area contributed by atoms with Crippen LogP contribution in [0.25, 0.3) is 0 Å². The van der Waals surface area contributed by atoms with Crippen LogP contribution in [0.4, 0.5) is 5.69 Å². The van der Waals surface area contributed by atoms with Crippen LogP contribution in [0.2, 0.25) is 0 Å². The summed E-state index contributed by atoms with van der Waals surface area (Å²) in [4.78, 5) is 27.5. The third-order valence-corrected chi connectivity index (χ3v) is 5.90. The van der Waals surface area contributed by atoms with Crippen LogP contribution in [0.3, 0.4) is 0 Å². The molecule has 0 radical (unpaired) electrons. The van der Waals surface area contributed by atoms with Crippen LogP contribution in [-0.4, -0.2) is 35.6 Å². The van der Waals surface area contributed by atoms with Gasteiger partial charge in [0.15, 0.2) is 0 Å². The van der Waals surface area contributed by atoms with Gasteiger partial charge in [0.05, 0.1) is 11.8 Å². The van der Waals surface area contributed by atoms with E-state index in [0.717, 1.165) is 29.0 Å². The highest BCUT2D eigenvalue weighted by Crippen LogP contribution is 2.30. The van der Waals surface area contributed by atoms with Crippen LogP contribution in [-0.2, 0) is 22.4 Å². The molecule has 0 unspecified atom stereocenters. The topological polar surface area (TPSA) is 49.4 Å². The summed E-state index contributed by atoms with van der Waals surface area (Å²) in [6.07, 6.45) is 3.51. The standard InChI is InChI=1S/C22H26N2O2S/c1-15-7-10-19(11-8-15)23-21(25)14-24(3)22(26)16(2)27-20-12-9-17-5-4-6-18(17)13-20/h7-13,16H,4-6,14H2,1-3H3,(H,23,25)/t16-/m1/s1. The summed E-state index contributed by atoms with van der Waals surface area (Å²) in [6, 6.07) is 14.1. The van der Waals surface area contributed by atoms with E-state index in [0.29, 0.717) is 0 Å². The molecule has 3 rings (SSSR count). The van der Waals surface area contributed by atoms with E-state index >= 15 is 0 Å². The molecule has 142 valence electrons. The van der Waals surface area contributed by atoms with Gasteiger partial charge in [0.25, 0.3) is 0 Å². The monoisotopic (exact) mass is 382 g/mol. The molecule has 5 heteroatoms. The number of rotatable bonds is 6. The zero-order valence-corrected chi connectivity index (χ0v) is 16.9. The Bertz CT molecular complexity index is 833. The molecule has 0 bridgehead atoms. The first-order valence-corrected chi connectivity index (χ1v) is 10.2. The van der Waals surface area contributed by atoms with E-state index < -0.39 is 0 Å². The maximum atomic E-state index is 12.6. The third-order valence-electron chi connectivity index (χ3n) is 4.82. The van der Waals surface area contributed by atoms with E-state index in [9.17, 15) is 9.59 Å². The van der Waals surface area contributed by atoms with Crippen molar-refractivity contribution in [2.45, 2.75) is 43.3 Å². The first kappa shape index (κ1) is 19.5. The van der Waals surface area contributed by atoms with Gasteiger partial charge in [-0.2, -0.15) is 0 Å². The van der Waals surface area contributed by atoms with Gasteiger partial charge in [-0.1, -0.05) is 23.8 Å². The highest BCUT2D eigenvalue weighted by molar-refractivity contribution is 8.00. The average Bonchev–Trinajstić information content (AvgIpc) is 3.10. The fourth-order valence-electron chi connectivity index (χ4n) is 3.32. The second kappa shape index (κ2) is 8.61. The first-order chi connectivity index (χ1) is 12.9. The van der Waals surface area contributed by atoms with Crippen molar-refractivity contribution in [3.05, 3.63) is 59.2 Å². The second-order valence-corrected chi connectivity index (χ2v) is 8.57. The van der Waals surface area contributed by atoms with Crippen molar-refractivity contribution in [1.29, 1.82) is 0 Å². The number of likely N-dealkylation sites (N-methyl/N-ethyl adjacent to an activating group) is 1. The van der Waals surface area contributed by atoms with Crippen LogP contribution in [0.15, 0.2) is 47.4 Å². The van der Waals surface area contributed by atoms with Crippen molar-refractivity contribution in [2.24, 2.45) is 0 Å². The van der Waals surface area contributed by atoms with E-state index in [-0.39, 0.29) is 23.6 Å². The van der Waals surface area contributed by atoms with Gasteiger partial charge >= 0.3 is 0 Å². The van der Waals surface area contributed by atoms with Crippen LogP contribution in [0.1, 0.15) is 30.0 Å². The number of fused-ring (bicyclic) bond motifs is 1. The number of benzene rings is 2. The number of thioether (sulfide) groups is 1. The summed E-state index contributed by atoms with van der Waals surface area (Å²) in [7, 11) is 1.68. The van der Waals surface area contributed by atoms with E-state index in [1.54, 1.807) is 18.8 Å². The van der Waals surface area contributed by atoms with Gasteiger partial charge in [-0.3, -0.25) is 9.59 Å². The molecule has 2 aromatic carbocycles. The molecule has 0 saturated carbocycles. The molecule has 0 heterocycles. The second-order valence-electron chi connectivity index (χ2n) is 7.15. The molecule has 0 aromatic heterocycles. The first-order valence-electron chi connectivity index (χ1n) is 9.32. The number of nitrogens with one attached hydrogen (secondary N) is 1. The summed E-state index contributed by atoms with van der Waals surface area (Å²) in [5.74, 6) is -0.232. The molecule has 2 aromatic rings. The lowest BCUT2D eigenvalue weighted by Crippen LogP contribution is -2.38. The van der Waals surface area contributed by atoms with Gasteiger partial charge in [-0.05, 0) is 68.5 Å². The minimum absolute atomic E-state index is 0.0421. The van der Waals surface area contributed by atoms with Crippen LogP contribution < -0.4 is 5.32 Å². The minimum atomic E-state index is -0.235. The zero-order chi connectivity index (χ0) is 19.4. The lowest BCUT2D eigenvalue weighted by Gasteiger charge is -2.21. The molecular weight excluding hydrogens is 356 g/mol. The number of amides is 2. The van der Waals surface area contributed by atoms with Crippen LogP contribution in [0, 0.1) is 6.92 Å². The Balaban J connectivity index is 1.52. The SMILES string of the molecule is Cc1ccc(NC(=O)CN(C)C(=O)[C@@H](C)Sc2ccc3c(c2)CCC3)cc1. The number of carbonyl (C=O) groups excluding carboxylic acids is 2. The Labute approximate surface area is 165 Å².